The van der Waals surface area contributed by atoms with Gasteiger partial charge in [-0.25, -0.2) is 17.5 Å². The summed E-state index contributed by atoms with van der Waals surface area (Å²) in [5.41, 5.74) is 1.16. The maximum Gasteiger partial charge on any atom is 0.573 e. The molecule has 2 aromatic rings. The first-order chi connectivity index (χ1) is 20.8. The molecular formula is C30H34F3N5O6S. The lowest BCUT2D eigenvalue weighted by Gasteiger charge is -2.34. The Balaban J connectivity index is 1.24. The molecule has 0 aromatic heterocycles. The maximum atomic E-state index is 13.4. The van der Waals surface area contributed by atoms with Crippen molar-refractivity contribution in [2.75, 3.05) is 30.8 Å². The SMILES string of the molecule is Cc1cc(N2C(=O)N(C)C(=O)C2(C)C)cc(C)c1CCS(=O)(=O)N1CCC2(CC1)N=C(c1ccc(OC(F)(F)F)cc1)NC2=O. The van der Waals surface area contributed by atoms with Gasteiger partial charge in [0.05, 0.1) is 5.75 Å². The minimum Gasteiger partial charge on any atom is -0.406 e. The Morgan fingerprint density at radius 2 is 1.58 bits per heavy atom. The van der Waals surface area contributed by atoms with E-state index in [9.17, 15) is 36.0 Å². The number of carbonyl (C=O) groups excluding carboxylic acids is 3. The van der Waals surface area contributed by atoms with Gasteiger partial charge in [-0.2, -0.15) is 0 Å². The summed E-state index contributed by atoms with van der Waals surface area (Å²) >= 11 is 0. The summed E-state index contributed by atoms with van der Waals surface area (Å²) in [6, 6.07) is 8.12. The van der Waals surface area contributed by atoms with Crippen molar-refractivity contribution >= 4 is 39.4 Å². The van der Waals surface area contributed by atoms with Crippen molar-refractivity contribution in [1.82, 2.24) is 14.5 Å². The van der Waals surface area contributed by atoms with Gasteiger partial charge in [-0.3, -0.25) is 24.4 Å². The number of likely N-dealkylation sites (N-methyl/N-ethyl adjacent to an activating group) is 1. The molecule has 4 amide bonds. The smallest absolute Gasteiger partial charge is 0.406 e. The fourth-order valence-electron chi connectivity index (χ4n) is 6.21. The van der Waals surface area contributed by atoms with E-state index in [2.05, 4.69) is 15.0 Å². The Labute approximate surface area is 259 Å². The summed E-state index contributed by atoms with van der Waals surface area (Å²) in [7, 11) is -2.26. The molecule has 2 fully saturated rings. The number of ether oxygens (including phenoxy) is 1. The topological polar surface area (TPSA) is 129 Å². The van der Waals surface area contributed by atoms with Crippen LogP contribution in [0.1, 0.15) is 48.9 Å². The van der Waals surface area contributed by atoms with E-state index in [0.29, 0.717) is 11.3 Å². The summed E-state index contributed by atoms with van der Waals surface area (Å²) in [4.78, 5) is 45.4. The summed E-state index contributed by atoms with van der Waals surface area (Å²) in [6.07, 6.45) is -4.30. The van der Waals surface area contributed by atoms with Crippen molar-refractivity contribution < 1.29 is 40.7 Å². The van der Waals surface area contributed by atoms with Gasteiger partial charge in [0.15, 0.2) is 0 Å². The normalized spacial score (nSPS) is 20.2. The number of halogens is 3. The van der Waals surface area contributed by atoms with E-state index in [1.165, 1.54) is 28.4 Å². The second kappa shape index (κ2) is 11.1. The Morgan fingerprint density at radius 3 is 2.09 bits per heavy atom. The molecule has 0 bridgehead atoms. The van der Waals surface area contributed by atoms with E-state index >= 15 is 0 Å². The standard InChI is InChI=1S/C30H34F3N5O6S/c1-18-16-21(38-27(41)36(5)26(40)28(38,3)4)17-19(2)23(18)10-15-45(42,43)37-13-11-29(12-14-37)25(39)34-24(35-29)20-6-8-22(9-7-20)44-30(31,32)33/h6-9,16-17H,10-15H2,1-5H3,(H,34,35,39). The number of anilines is 1. The fourth-order valence-corrected chi connectivity index (χ4v) is 7.67. The molecule has 3 aliphatic heterocycles. The van der Waals surface area contributed by atoms with Crippen LogP contribution in [0.5, 0.6) is 5.75 Å². The molecule has 11 nitrogen and oxygen atoms in total. The number of nitrogens with one attached hydrogen (secondary N) is 1. The lowest BCUT2D eigenvalue weighted by Crippen LogP contribution is -2.50. The first-order valence-corrected chi connectivity index (χ1v) is 15.9. The summed E-state index contributed by atoms with van der Waals surface area (Å²) < 4.78 is 69.4. The molecule has 0 radical (unpaired) electrons. The summed E-state index contributed by atoms with van der Waals surface area (Å²) in [5, 5.41) is 2.68. The highest BCUT2D eigenvalue weighted by Crippen LogP contribution is 2.36. The van der Waals surface area contributed by atoms with E-state index in [-0.39, 0.29) is 55.8 Å². The Hall–Kier alpha value is -3.98. The van der Waals surface area contributed by atoms with Gasteiger partial charge < -0.3 is 10.1 Å². The predicted octanol–water partition coefficient (Wildman–Crippen LogP) is 3.66. The largest absolute Gasteiger partial charge is 0.573 e. The zero-order valence-electron chi connectivity index (χ0n) is 25.5. The van der Waals surface area contributed by atoms with Gasteiger partial charge in [-0.1, -0.05) is 0 Å². The Morgan fingerprint density at radius 1 is 1.00 bits per heavy atom. The highest BCUT2D eigenvalue weighted by atomic mass is 32.2. The maximum absolute atomic E-state index is 13.4. The number of sulfonamides is 1. The van der Waals surface area contributed by atoms with Crippen molar-refractivity contribution in [2.24, 2.45) is 4.99 Å². The molecule has 242 valence electrons. The number of aryl methyl sites for hydroxylation is 2. The number of alkyl halides is 3. The van der Waals surface area contributed by atoms with Crippen molar-refractivity contribution in [1.29, 1.82) is 0 Å². The number of rotatable bonds is 7. The summed E-state index contributed by atoms with van der Waals surface area (Å²) in [5.74, 6) is -1.06. The average Bonchev–Trinajstić information content (AvgIpc) is 3.33. The number of piperidine rings is 1. The third kappa shape index (κ3) is 6.02. The number of benzene rings is 2. The van der Waals surface area contributed by atoms with Crippen molar-refractivity contribution in [3.8, 4) is 5.75 Å². The Bertz CT molecular complexity index is 1670. The van der Waals surface area contributed by atoms with E-state index in [1.807, 2.05) is 13.8 Å². The zero-order chi connectivity index (χ0) is 33.1. The molecule has 0 unspecified atom stereocenters. The lowest BCUT2D eigenvalue weighted by molar-refractivity contribution is -0.274. The monoisotopic (exact) mass is 649 g/mol. The second-order valence-corrected chi connectivity index (χ2v) is 14.2. The van der Waals surface area contributed by atoms with Crippen LogP contribution in [0.15, 0.2) is 41.4 Å². The third-order valence-electron chi connectivity index (χ3n) is 8.70. The molecule has 2 aromatic carbocycles. The molecule has 5 rings (SSSR count). The number of imide groups is 1. The number of carbonyl (C=O) groups is 3. The third-order valence-corrected chi connectivity index (χ3v) is 10.6. The number of nitrogens with zero attached hydrogens (tertiary/aromatic N) is 4. The van der Waals surface area contributed by atoms with Crippen LogP contribution in [0.4, 0.5) is 23.7 Å². The molecule has 45 heavy (non-hydrogen) atoms. The number of amidine groups is 1. The number of urea groups is 1. The molecule has 3 heterocycles. The van der Waals surface area contributed by atoms with Gasteiger partial charge in [0, 0.05) is 31.4 Å². The minimum atomic E-state index is -4.83. The van der Waals surface area contributed by atoms with Gasteiger partial charge in [0.1, 0.15) is 22.7 Å². The second-order valence-electron chi connectivity index (χ2n) is 12.1. The molecule has 0 saturated carbocycles. The highest BCUT2D eigenvalue weighted by molar-refractivity contribution is 7.89. The molecule has 2 saturated heterocycles. The van der Waals surface area contributed by atoms with Gasteiger partial charge in [-0.05, 0) is 100 Å². The van der Waals surface area contributed by atoms with E-state index in [0.717, 1.165) is 33.7 Å². The predicted molar refractivity (Wildman–Crippen MR) is 159 cm³/mol. The van der Waals surface area contributed by atoms with Crippen LogP contribution in [0.25, 0.3) is 0 Å². The fraction of sp³-hybridized carbons (Fsp3) is 0.467. The molecule has 0 aliphatic carbocycles. The average molecular weight is 650 g/mol. The zero-order valence-corrected chi connectivity index (χ0v) is 26.3. The molecule has 1 N–H and O–H groups in total. The van der Waals surface area contributed by atoms with Crippen LogP contribution in [0.2, 0.25) is 0 Å². The van der Waals surface area contributed by atoms with Gasteiger partial charge in [0.25, 0.3) is 11.8 Å². The number of hydrogen-bond acceptors (Lipinski definition) is 7. The van der Waals surface area contributed by atoms with Gasteiger partial charge in [0.2, 0.25) is 10.0 Å². The highest BCUT2D eigenvalue weighted by Gasteiger charge is 2.51. The Kier molecular flexibility index (Phi) is 8.01. The van der Waals surface area contributed by atoms with Crippen molar-refractivity contribution in [3.63, 3.8) is 0 Å². The number of hydrogen-bond donors (Lipinski definition) is 1. The lowest BCUT2D eigenvalue weighted by atomic mass is 9.89. The van der Waals surface area contributed by atoms with Crippen LogP contribution in [-0.2, 0) is 26.0 Å². The van der Waals surface area contributed by atoms with Crippen LogP contribution < -0.4 is 15.0 Å². The first kappa shape index (κ1) is 32.4. The number of aliphatic imine (C=N–C) groups is 1. The van der Waals surface area contributed by atoms with Gasteiger partial charge in [-0.15, -0.1) is 13.2 Å². The van der Waals surface area contributed by atoms with Crippen LogP contribution in [0.3, 0.4) is 0 Å². The van der Waals surface area contributed by atoms with E-state index < -0.39 is 39.2 Å². The first-order valence-electron chi connectivity index (χ1n) is 14.3. The number of amides is 4. The van der Waals surface area contributed by atoms with Crippen LogP contribution in [-0.4, -0.2) is 84.6 Å². The van der Waals surface area contributed by atoms with E-state index in [4.69, 9.17) is 0 Å². The van der Waals surface area contributed by atoms with Crippen molar-refractivity contribution in [3.05, 3.63) is 58.7 Å². The van der Waals surface area contributed by atoms with Gasteiger partial charge >= 0.3 is 12.4 Å². The molecule has 0 atom stereocenters. The molecule has 3 aliphatic rings. The molecule has 15 heteroatoms. The molecular weight excluding hydrogens is 615 g/mol. The summed E-state index contributed by atoms with van der Waals surface area (Å²) in [6.45, 7) is 7.20. The minimum absolute atomic E-state index is 0.0789. The van der Waals surface area contributed by atoms with Crippen LogP contribution >= 0.6 is 0 Å². The van der Waals surface area contributed by atoms with E-state index in [1.54, 1.807) is 26.0 Å². The van der Waals surface area contributed by atoms with Crippen molar-refractivity contribution in [2.45, 2.75) is 64.4 Å². The quantitative estimate of drug-likeness (QED) is 0.456. The van der Waals surface area contributed by atoms with Crippen LogP contribution in [0, 0.1) is 13.8 Å². The molecule has 1 spiro atoms.